The summed E-state index contributed by atoms with van der Waals surface area (Å²) in [5.74, 6) is -0.266. The Hall–Kier alpha value is -1.84. The number of likely N-dealkylation sites (N-methyl/N-ethyl adjacent to an activating group) is 1. The first-order chi connectivity index (χ1) is 7.66. The summed E-state index contributed by atoms with van der Waals surface area (Å²) in [6.45, 7) is 0.639. The lowest BCUT2D eigenvalue weighted by atomic mass is 9.80. The van der Waals surface area contributed by atoms with Crippen LogP contribution in [-0.4, -0.2) is 30.3 Å². The number of nitrogens with one attached hydrogen (secondary N) is 1. The molecule has 82 valence electrons. The SMILES string of the molecule is CN1CC[C@]2(C(=O)Nc3ccccc32)C1=O. The van der Waals surface area contributed by atoms with E-state index in [0.717, 1.165) is 11.3 Å². The van der Waals surface area contributed by atoms with Crippen LogP contribution < -0.4 is 5.32 Å². The molecular formula is C12H12N2O2. The molecule has 1 aromatic carbocycles. The van der Waals surface area contributed by atoms with Gasteiger partial charge in [0.05, 0.1) is 0 Å². The normalized spacial score (nSPS) is 27.4. The third-order valence-corrected chi connectivity index (χ3v) is 3.56. The van der Waals surface area contributed by atoms with Gasteiger partial charge in [0, 0.05) is 24.8 Å². The second-order valence-electron chi connectivity index (χ2n) is 4.38. The molecule has 0 saturated carbocycles. The molecule has 2 aliphatic rings. The number of carbonyl (C=O) groups excluding carboxylic acids is 2. The molecule has 1 atom stereocenters. The van der Waals surface area contributed by atoms with Crippen molar-refractivity contribution in [1.82, 2.24) is 4.90 Å². The van der Waals surface area contributed by atoms with Crippen molar-refractivity contribution in [3.63, 3.8) is 0 Å². The van der Waals surface area contributed by atoms with Crippen molar-refractivity contribution in [3.8, 4) is 0 Å². The first-order valence-corrected chi connectivity index (χ1v) is 5.33. The third kappa shape index (κ3) is 0.894. The molecule has 16 heavy (non-hydrogen) atoms. The van der Waals surface area contributed by atoms with E-state index in [1.165, 1.54) is 0 Å². The van der Waals surface area contributed by atoms with Gasteiger partial charge in [0.15, 0.2) is 5.41 Å². The van der Waals surface area contributed by atoms with E-state index in [-0.39, 0.29) is 11.8 Å². The first kappa shape index (κ1) is 9.39. The molecule has 0 unspecified atom stereocenters. The van der Waals surface area contributed by atoms with Gasteiger partial charge in [-0.25, -0.2) is 0 Å². The number of carbonyl (C=O) groups is 2. The highest BCUT2D eigenvalue weighted by Crippen LogP contribution is 2.44. The summed E-state index contributed by atoms with van der Waals surface area (Å²) in [4.78, 5) is 25.8. The number of nitrogens with zero attached hydrogens (tertiary/aromatic N) is 1. The average molecular weight is 216 g/mol. The summed E-state index contributed by atoms with van der Waals surface area (Å²) < 4.78 is 0. The molecule has 0 bridgehead atoms. The van der Waals surface area contributed by atoms with Gasteiger partial charge in [0.1, 0.15) is 0 Å². The highest BCUT2D eigenvalue weighted by Gasteiger charge is 2.57. The molecule has 4 heteroatoms. The van der Waals surface area contributed by atoms with Gasteiger partial charge in [0.2, 0.25) is 11.8 Å². The van der Waals surface area contributed by atoms with Crippen LogP contribution in [0.5, 0.6) is 0 Å². The number of likely N-dealkylation sites (tertiary alicyclic amines) is 1. The molecule has 2 heterocycles. The molecule has 0 aliphatic carbocycles. The number of hydrogen-bond acceptors (Lipinski definition) is 2. The quantitative estimate of drug-likeness (QED) is 0.650. The molecule has 1 spiro atoms. The van der Waals surface area contributed by atoms with E-state index in [4.69, 9.17) is 0 Å². The molecule has 1 aromatic rings. The smallest absolute Gasteiger partial charge is 0.244 e. The zero-order chi connectivity index (χ0) is 11.3. The summed E-state index contributed by atoms with van der Waals surface area (Å²) in [5, 5.41) is 2.79. The number of benzene rings is 1. The highest BCUT2D eigenvalue weighted by atomic mass is 16.2. The Morgan fingerprint density at radius 3 is 2.75 bits per heavy atom. The number of rotatable bonds is 0. The van der Waals surface area contributed by atoms with Crippen LogP contribution in [0, 0.1) is 0 Å². The maximum Gasteiger partial charge on any atom is 0.244 e. The summed E-state index contributed by atoms with van der Waals surface area (Å²) in [7, 11) is 1.74. The summed E-state index contributed by atoms with van der Waals surface area (Å²) in [6, 6.07) is 7.44. The van der Waals surface area contributed by atoms with Gasteiger partial charge in [0.25, 0.3) is 0 Å². The number of amides is 2. The topological polar surface area (TPSA) is 49.4 Å². The lowest BCUT2D eigenvalue weighted by Crippen LogP contribution is -2.42. The van der Waals surface area contributed by atoms with Gasteiger partial charge in [-0.1, -0.05) is 18.2 Å². The van der Waals surface area contributed by atoms with E-state index in [1.807, 2.05) is 24.3 Å². The van der Waals surface area contributed by atoms with Crippen molar-refractivity contribution < 1.29 is 9.59 Å². The van der Waals surface area contributed by atoms with Crippen molar-refractivity contribution >= 4 is 17.5 Å². The van der Waals surface area contributed by atoms with Crippen LogP contribution in [-0.2, 0) is 15.0 Å². The standard InChI is InChI=1S/C12H12N2O2/c1-14-7-6-12(11(14)16)8-4-2-3-5-9(8)13-10(12)15/h2-5H,6-7H2,1H3,(H,13,15)/t12-/m0/s1. The molecule has 0 aromatic heterocycles. The van der Waals surface area contributed by atoms with Crippen molar-refractivity contribution in [2.24, 2.45) is 0 Å². The van der Waals surface area contributed by atoms with Gasteiger partial charge in [-0.2, -0.15) is 0 Å². The van der Waals surface area contributed by atoms with Crippen LogP contribution in [0.15, 0.2) is 24.3 Å². The molecule has 1 saturated heterocycles. The van der Waals surface area contributed by atoms with Crippen LogP contribution in [0.25, 0.3) is 0 Å². The fraction of sp³-hybridized carbons (Fsp3) is 0.333. The molecule has 4 nitrogen and oxygen atoms in total. The Labute approximate surface area is 93.2 Å². The van der Waals surface area contributed by atoms with E-state index < -0.39 is 5.41 Å². The fourth-order valence-corrected chi connectivity index (χ4v) is 2.65. The average Bonchev–Trinajstić information content (AvgIpc) is 2.74. The molecule has 2 amide bonds. The summed E-state index contributed by atoms with van der Waals surface area (Å²) in [6.07, 6.45) is 0.575. The lowest BCUT2D eigenvalue weighted by Gasteiger charge is -2.19. The Morgan fingerprint density at radius 1 is 1.31 bits per heavy atom. The number of fused-ring (bicyclic) bond motifs is 2. The lowest BCUT2D eigenvalue weighted by molar-refractivity contribution is -0.136. The van der Waals surface area contributed by atoms with E-state index in [0.29, 0.717) is 13.0 Å². The van der Waals surface area contributed by atoms with E-state index in [9.17, 15) is 9.59 Å². The van der Waals surface area contributed by atoms with Crippen molar-refractivity contribution in [1.29, 1.82) is 0 Å². The van der Waals surface area contributed by atoms with E-state index in [1.54, 1.807) is 11.9 Å². The van der Waals surface area contributed by atoms with Crippen LogP contribution in [0.4, 0.5) is 5.69 Å². The van der Waals surface area contributed by atoms with Crippen LogP contribution in [0.2, 0.25) is 0 Å². The maximum absolute atomic E-state index is 12.2. The van der Waals surface area contributed by atoms with Gasteiger partial charge >= 0.3 is 0 Å². The minimum Gasteiger partial charge on any atom is -0.344 e. The first-order valence-electron chi connectivity index (χ1n) is 5.33. The van der Waals surface area contributed by atoms with Crippen molar-refractivity contribution in [2.45, 2.75) is 11.8 Å². The van der Waals surface area contributed by atoms with Gasteiger partial charge in [-0.3, -0.25) is 9.59 Å². The Kier molecular flexibility index (Phi) is 1.67. The Bertz CT molecular complexity index is 498. The summed E-state index contributed by atoms with van der Waals surface area (Å²) >= 11 is 0. The van der Waals surface area contributed by atoms with Crippen molar-refractivity contribution in [2.75, 3.05) is 18.9 Å². The molecule has 3 rings (SSSR count). The summed E-state index contributed by atoms with van der Waals surface area (Å²) in [5.41, 5.74) is 0.649. The predicted molar refractivity (Wildman–Crippen MR) is 59.0 cm³/mol. The van der Waals surface area contributed by atoms with Crippen LogP contribution in [0.1, 0.15) is 12.0 Å². The van der Waals surface area contributed by atoms with Crippen LogP contribution >= 0.6 is 0 Å². The van der Waals surface area contributed by atoms with Gasteiger partial charge in [-0.05, 0) is 12.5 Å². The number of anilines is 1. The molecule has 1 fully saturated rings. The number of para-hydroxylation sites is 1. The predicted octanol–water partition coefficient (Wildman–Crippen LogP) is 0.739. The van der Waals surface area contributed by atoms with Gasteiger partial charge < -0.3 is 10.2 Å². The second-order valence-corrected chi connectivity index (χ2v) is 4.38. The molecular weight excluding hydrogens is 204 g/mol. The maximum atomic E-state index is 12.2. The largest absolute Gasteiger partial charge is 0.344 e. The zero-order valence-corrected chi connectivity index (χ0v) is 8.99. The highest BCUT2D eigenvalue weighted by molar-refractivity contribution is 6.21. The second kappa shape index (κ2) is 2.84. The van der Waals surface area contributed by atoms with Crippen LogP contribution in [0.3, 0.4) is 0 Å². The zero-order valence-electron chi connectivity index (χ0n) is 8.99. The minimum atomic E-state index is -0.953. The third-order valence-electron chi connectivity index (χ3n) is 3.56. The minimum absolute atomic E-state index is 0.0880. The van der Waals surface area contributed by atoms with Gasteiger partial charge in [-0.15, -0.1) is 0 Å². The molecule has 0 radical (unpaired) electrons. The molecule has 2 aliphatic heterocycles. The number of hydrogen-bond donors (Lipinski definition) is 1. The van der Waals surface area contributed by atoms with E-state index in [2.05, 4.69) is 5.32 Å². The monoisotopic (exact) mass is 216 g/mol. The van der Waals surface area contributed by atoms with Crippen molar-refractivity contribution in [3.05, 3.63) is 29.8 Å². The molecule has 1 N–H and O–H groups in total. The van der Waals surface area contributed by atoms with E-state index >= 15 is 0 Å². The fourth-order valence-electron chi connectivity index (χ4n) is 2.65. The Balaban J connectivity index is 2.22. The Morgan fingerprint density at radius 2 is 2.06 bits per heavy atom.